The van der Waals surface area contributed by atoms with E-state index in [4.69, 9.17) is 5.73 Å². The molecular weight excluding hydrogens is 182 g/mol. The first kappa shape index (κ1) is 10.0. The molecule has 2 rings (SSSR count). The van der Waals surface area contributed by atoms with Crippen molar-refractivity contribution in [3.05, 3.63) is 53.7 Å². The van der Waals surface area contributed by atoms with Crippen LogP contribution in [0.25, 0.3) is 5.57 Å². The van der Waals surface area contributed by atoms with Crippen LogP contribution in [0.4, 0.5) is 0 Å². The Morgan fingerprint density at radius 2 is 1.80 bits per heavy atom. The van der Waals surface area contributed by atoms with Gasteiger partial charge in [-0.25, -0.2) is 0 Å². The molecule has 1 aliphatic carbocycles. The number of benzene rings is 1. The van der Waals surface area contributed by atoms with Crippen molar-refractivity contribution < 1.29 is 0 Å². The summed E-state index contributed by atoms with van der Waals surface area (Å²) in [6.07, 6.45) is 5.28. The Balaban J connectivity index is 2.37. The van der Waals surface area contributed by atoms with Gasteiger partial charge in [0.05, 0.1) is 0 Å². The van der Waals surface area contributed by atoms with Crippen molar-refractivity contribution in [1.29, 1.82) is 0 Å². The Bertz CT molecular complexity index is 410. The van der Waals surface area contributed by atoms with Gasteiger partial charge in [-0.15, -0.1) is 0 Å². The normalized spacial score (nSPS) is 19.3. The van der Waals surface area contributed by atoms with E-state index in [1.54, 1.807) is 0 Å². The lowest BCUT2D eigenvalue weighted by Crippen LogP contribution is -2.15. The van der Waals surface area contributed by atoms with Crippen LogP contribution < -0.4 is 5.73 Å². The summed E-state index contributed by atoms with van der Waals surface area (Å²) in [6, 6.07) is 10.5. The summed E-state index contributed by atoms with van der Waals surface area (Å²) in [5.74, 6) is 0. The van der Waals surface area contributed by atoms with E-state index in [9.17, 15) is 0 Å². The summed E-state index contributed by atoms with van der Waals surface area (Å²) in [4.78, 5) is 0. The molecule has 1 aromatic rings. The molecule has 78 valence electrons. The third-order valence-corrected chi connectivity index (χ3v) is 2.69. The molecule has 0 fully saturated rings. The first-order valence-corrected chi connectivity index (χ1v) is 5.31. The lowest BCUT2D eigenvalue weighted by atomic mass is 9.79. The fourth-order valence-electron chi connectivity index (χ4n) is 2.12. The summed E-state index contributed by atoms with van der Waals surface area (Å²) < 4.78 is 0. The molecule has 0 saturated carbocycles. The molecule has 0 unspecified atom stereocenters. The zero-order chi connectivity index (χ0) is 10.9. The highest BCUT2D eigenvalue weighted by Gasteiger charge is 2.21. The average molecular weight is 199 g/mol. The van der Waals surface area contributed by atoms with Crippen LogP contribution in [0.2, 0.25) is 0 Å². The first-order valence-electron chi connectivity index (χ1n) is 5.31. The molecule has 0 bridgehead atoms. The van der Waals surface area contributed by atoms with E-state index in [0.717, 1.165) is 12.1 Å². The topological polar surface area (TPSA) is 26.0 Å². The van der Waals surface area contributed by atoms with Gasteiger partial charge in [-0.2, -0.15) is 0 Å². The minimum Gasteiger partial charge on any atom is -0.399 e. The Morgan fingerprint density at radius 1 is 1.13 bits per heavy atom. The minimum atomic E-state index is 0.171. The molecule has 0 aromatic heterocycles. The molecule has 0 spiro atoms. The van der Waals surface area contributed by atoms with Crippen LogP contribution in [-0.4, -0.2) is 0 Å². The molecule has 1 aliphatic rings. The van der Waals surface area contributed by atoms with Crippen LogP contribution in [0.1, 0.15) is 25.8 Å². The van der Waals surface area contributed by atoms with Crippen molar-refractivity contribution in [1.82, 2.24) is 0 Å². The largest absolute Gasteiger partial charge is 0.399 e. The maximum Gasteiger partial charge on any atom is 0.0281 e. The van der Waals surface area contributed by atoms with E-state index in [1.807, 2.05) is 6.07 Å². The molecule has 0 heterocycles. The predicted octanol–water partition coefficient (Wildman–Crippen LogP) is 3.34. The van der Waals surface area contributed by atoms with Crippen LogP contribution in [0.5, 0.6) is 0 Å². The van der Waals surface area contributed by atoms with Crippen LogP contribution in [-0.2, 0) is 0 Å². The van der Waals surface area contributed by atoms with Gasteiger partial charge in [-0.1, -0.05) is 50.3 Å². The van der Waals surface area contributed by atoms with Gasteiger partial charge in [0.15, 0.2) is 0 Å². The van der Waals surface area contributed by atoms with Gasteiger partial charge in [0, 0.05) is 5.70 Å². The number of hydrogen-bond donors (Lipinski definition) is 1. The molecule has 15 heavy (non-hydrogen) atoms. The van der Waals surface area contributed by atoms with Gasteiger partial charge < -0.3 is 5.73 Å². The zero-order valence-electron chi connectivity index (χ0n) is 9.33. The van der Waals surface area contributed by atoms with Crippen LogP contribution in [0, 0.1) is 5.41 Å². The highest BCUT2D eigenvalue weighted by Crippen LogP contribution is 2.36. The molecular formula is C14H17N. The van der Waals surface area contributed by atoms with Crippen LogP contribution >= 0.6 is 0 Å². The van der Waals surface area contributed by atoms with Gasteiger partial charge in [-0.3, -0.25) is 0 Å². The highest BCUT2D eigenvalue weighted by molar-refractivity contribution is 5.70. The van der Waals surface area contributed by atoms with Crippen molar-refractivity contribution in [2.24, 2.45) is 11.1 Å². The highest BCUT2D eigenvalue weighted by atomic mass is 14.6. The summed E-state index contributed by atoms with van der Waals surface area (Å²) in [7, 11) is 0. The van der Waals surface area contributed by atoms with Crippen molar-refractivity contribution in [2.75, 3.05) is 0 Å². The maximum absolute atomic E-state index is 5.92. The van der Waals surface area contributed by atoms with Gasteiger partial charge >= 0.3 is 0 Å². The van der Waals surface area contributed by atoms with E-state index in [0.29, 0.717) is 0 Å². The van der Waals surface area contributed by atoms with Gasteiger partial charge in [-0.05, 0) is 29.0 Å². The zero-order valence-corrected chi connectivity index (χ0v) is 9.33. The third kappa shape index (κ3) is 2.30. The molecule has 1 heteroatoms. The molecule has 0 atom stereocenters. The van der Waals surface area contributed by atoms with Crippen LogP contribution in [0.3, 0.4) is 0 Å². The van der Waals surface area contributed by atoms with Gasteiger partial charge in [0.2, 0.25) is 0 Å². The second-order valence-electron chi connectivity index (χ2n) is 4.85. The van der Waals surface area contributed by atoms with E-state index in [2.05, 4.69) is 50.3 Å². The van der Waals surface area contributed by atoms with Crippen LogP contribution in [0.15, 0.2) is 48.2 Å². The summed E-state index contributed by atoms with van der Waals surface area (Å²) in [5.41, 5.74) is 9.59. The summed E-state index contributed by atoms with van der Waals surface area (Å²) in [6.45, 7) is 4.44. The van der Waals surface area contributed by atoms with Crippen molar-refractivity contribution in [2.45, 2.75) is 20.3 Å². The SMILES string of the molecule is CC1(C)C=C(N)C=C(c2ccccc2)C1. The lowest BCUT2D eigenvalue weighted by Gasteiger charge is -2.27. The molecule has 0 amide bonds. The van der Waals surface area contributed by atoms with E-state index >= 15 is 0 Å². The number of allylic oxidation sites excluding steroid dienone is 3. The van der Waals surface area contributed by atoms with E-state index < -0.39 is 0 Å². The van der Waals surface area contributed by atoms with Crippen molar-refractivity contribution in [3.8, 4) is 0 Å². The van der Waals surface area contributed by atoms with Crippen molar-refractivity contribution in [3.63, 3.8) is 0 Å². The predicted molar refractivity (Wildman–Crippen MR) is 65.1 cm³/mol. The fraction of sp³-hybridized carbons (Fsp3) is 0.286. The monoisotopic (exact) mass is 199 g/mol. The lowest BCUT2D eigenvalue weighted by molar-refractivity contribution is 0.488. The third-order valence-electron chi connectivity index (χ3n) is 2.69. The van der Waals surface area contributed by atoms with Gasteiger partial charge in [0.1, 0.15) is 0 Å². The fourth-order valence-corrected chi connectivity index (χ4v) is 2.12. The number of hydrogen-bond acceptors (Lipinski definition) is 1. The summed E-state index contributed by atoms with van der Waals surface area (Å²) >= 11 is 0. The number of nitrogens with two attached hydrogens (primary N) is 1. The quantitative estimate of drug-likeness (QED) is 0.737. The van der Waals surface area contributed by atoms with Crippen molar-refractivity contribution >= 4 is 5.57 Å². The Labute approximate surface area is 91.3 Å². The first-order chi connectivity index (χ1) is 7.07. The minimum absolute atomic E-state index is 0.171. The molecule has 0 aliphatic heterocycles. The second-order valence-corrected chi connectivity index (χ2v) is 4.85. The molecule has 2 N–H and O–H groups in total. The number of rotatable bonds is 1. The average Bonchev–Trinajstić information content (AvgIpc) is 2.16. The molecule has 1 aromatic carbocycles. The standard InChI is InChI=1S/C14H17N/c1-14(2)9-12(8-13(15)10-14)11-6-4-3-5-7-11/h3-8,10H,9,15H2,1-2H3. The Hall–Kier alpha value is -1.50. The smallest absolute Gasteiger partial charge is 0.0281 e. The summed E-state index contributed by atoms with van der Waals surface area (Å²) in [5, 5.41) is 0. The van der Waals surface area contributed by atoms with Gasteiger partial charge in [0.25, 0.3) is 0 Å². The van der Waals surface area contributed by atoms with E-state index in [1.165, 1.54) is 11.1 Å². The molecule has 0 radical (unpaired) electrons. The molecule has 1 nitrogen and oxygen atoms in total. The Kier molecular flexibility index (Phi) is 2.39. The molecule has 0 saturated heterocycles. The Morgan fingerprint density at radius 3 is 2.40 bits per heavy atom. The van der Waals surface area contributed by atoms with E-state index in [-0.39, 0.29) is 5.41 Å². The second kappa shape index (κ2) is 3.58. The maximum atomic E-state index is 5.92.